The first kappa shape index (κ1) is 16.4. The molecule has 0 aliphatic carbocycles. The van der Waals surface area contributed by atoms with Crippen LogP contribution in [0.2, 0.25) is 0 Å². The maximum absolute atomic E-state index is 12.3. The van der Waals surface area contributed by atoms with Crippen LogP contribution in [0.4, 0.5) is 0 Å². The lowest BCUT2D eigenvalue weighted by atomic mass is 10.1. The van der Waals surface area contributed by atoms with Crippen molar-refractivity contribution >= 4 is 17.2 Å². The number of aromatic nitrogens is 1. The minimum atomic E-state index is -0.00119. The topological polar surface area (TPSA) is 77.7 Å². The van der Waals surface area contributed by atoms with Crippen LogP contribution in [0.5, 0.6) is 0 Å². The van der Waals surface area contributed by atoms with Crippen molar-refractivity contribution in [2.75, 3.05) is 32.9 Å². The number of likely N-dealkylation sites (tertiary alicyclic amines) is 1. The van der Waals surface area contributed by atoms with Gasteiger partial charge >= 0.3 is 0 Å². The Morgan fingerprint density at radius 1 is 1.48 bits per heavy atom. The number of piperidine rings is 1. The van der Waals surface area contributed by atoms with Gasteiger partial charge in [0.1, 0.15) is 10.7 Å². The molecular formula is C14H23N3O3S. The highest BCUT2D eigenvalue weighted by atomic mass is 32.1. The number of amides is 1. The molecule has 6 nitrogen and oxygen atoms in total. The van der Waals surface area contributed by atoms with Crippen molar-refractivity contribution in [3.05, 3.63) is 16.1 Å². The van der Waals surface area contributed by atoms with Gasteiger partial charge in [0.15, 0.2) is 0 Å². The smallest absolute Gasteiger partial charge is 0.273 e. The zero-order valence-electron chi connectivity index (χ0n) is 12.4. The van der Waals surface area contributed by atoms with E-state index < -0.39 is 0 Å². The molecule has 0 atom stereocenters. The summed E-state index contributed by atoms with van der Waals surface area (Å²) < 4.78 is 11.0. The number of hydrogen-bond donors (Lipinski definition) is 1. The summed E-state index contributed by atoms with van der Waals surface area (Å²) >= 11 is 1.44. The first-order valence-electron chi connectivity index (χ1n) is 7.37. The Bertz CT molecular complexity index is 444. The molecule has 2 heterocycles. The van der Waals surface area contributed by atoms with E-state index in [0.717, 1.165) is 17.8 Å². The van der Waals surface area contributed by atoms with E-state index in [4.69, 9.17) is 15.2 Å². The van der Waals surface area contributed by atoms with E-state index in [9.17, 15) is 4.79 Å². The second-order valence-electron chi connectivity index (χ2n) is 4.89. The van der Waals surface area contributed by atoms with E-state index in [1.165, 1.54) is 11.3 Å². The molecule has 0 aromatic carbocycles. The van der Waals surface area contributed by atoms with Gasteiger partial charge in [0.25, 0.3) is 5.91 Å². The summed E-state index contributed by atoms with van der Waals surface area (Å²) in [4.78, 5) is 18.4. The molecule has 2 rings (SSSR count). The van der Waals surface area contributed by atoms with Gasteiger partial charge in [-0.25, -0.2) is 4.98 Å². The number of carbonyl (C=O) groups excluding carboxylic acids is 1. The van der Waals surface area contributed by atoms with Crippen LogP contribution in [-0.4, -0.2) is 54.8 Å². The summed E-state index contributed by atoms with van der Waals surface area (Å²) in [6.45, 7) is 5.76. The van der Waals surface area contributed by atoms with Gasteiger partial charge < -0.3 is 20.1 Å². The molecule has 1 aromatic rings. The van der Waals surface area contributed by atoms with E-state index in [2.05, 4.69) is 4.98 Å². The minimum Gasteiger partial charge on any atom is -0.379 e. The molecule has 1 aromatic heterocycles. The summed E-state index contributed by atoms with van der Waals surface area (Å²) in [5.74, 6) is -0.00119. The van der Waals surface area contributed by atoms with Gasteiger partial charge in [-0.15, -0.1) is 11.3 Å². The highest BCUT2D eigenvalue weighted by molar-refractivity contribution is 7.09. The standard InChI is InChI=1S/C14H23N3O3S/c1-2-19-7-8-20-11-3-5-17(6-4-11)14(18)12-10-21-13(9-15)16-12/h10-11H,2-9,15H2,1H3. The zero-order valence-corrected chi connectivity index (χ0v) is 13.2. The molecule has 1 fully saturated rings. The molecule has 0 spiro atoms. The predicted octanol–water partition coefficient (Wildman–Crippen LogP) is 1.26. The van der Waals surface area contributed by atoms with Crippen molar-refractivity contribution in [1.29, 1.82) is 0 Å². The average molecular weight is 313 g/mol. The van der Waals surface area contributed by atoms with Crippen molar-refractivity contribution in [1.82, 2.24) is 9.88 Å². The lowest BCUT2D eigenvalue weighted by molar-refractivity contribution is -0.0183. The van der Waals surface area contributed by atoms with Crippen LogP contribution in [-0.2, 0) is 16.0 Å². The van der Waals surface area contributed by atoms with E-state index in [0.29, 0.717) is 45.1 Å². The minimum absolute atomic E-state index is 0.00119. The van der Waals surface area contributed by atoms with Gasteiger partial charge in [0.2, 0.25) is 0 Å². The van der Waals surface area contributed by atoms with Crippen LogP contribution in [0, 0.1) is 0 Å². The zero-order chi connectivity index (χ0) is 15.1. The van der Waals surface area contributed by atoms with E-state index in [1.807, 2.05) is 11.8 Å². The summed E-state index contributed by atoms with van der Waals surface area (Å²) in [6, 6.07) is 0. The summed E-state index contributed by atoms with van der Waals surface area (Å²) in [5, 5.41) is 2.59. The molecule has 7 heteroatoms. The van der Waals surface area contributed by atoms with Crippen LogP contribution < -0.4 is 5.73 Å². The summed E-state index contributed by atoms with van der Waals surface area (Å²) in [5.41, 5.74) is 6.03. The molecular weight excluding hydrogens is 290 g/mol. The second-order valence-corrected chi connectivity index (χ2v) is 5.83. The van der Waals surface area contributed by atoms with Crippen LogP contribution in [0.25, 0.3) is 0 Å². The van der Waals surface area contributed by atoms with Crippen LogP contribution in [0.15, 0.2) is 5.38 Å². The first-order chi connectivity index (χ1) is 10.2. The molecule has 0 bridgehead atoms. The SMILES string of the molecule is CCOCCOC1CCN(C(=O)c2csc(CN)n2)CC1. The number of hydrogen-bond acceptors (Lipinski definition) is 6. The maximum Gasteiger partial charge on any atom is 0.273 e. The Balaban J connectivity index is 1.74. The van der Waals surface area contributed by atoms with E-state index in [1.54, 1.807) is 5.38 Å². The molecule has 1 aliphatic rings. The van der Waals surface area contributed by atoms with Crippen LogP contribution in [0.1, 0.15) is 35.3 Å². The van der Waals surface area contributed by atoms with Crippen LogP contribution >= 0.6 is 11.3 Å². The number of thiazole rings is 1. The largest absolute Gasteiger partial charge is 0.379 e. The van der Waals surface area contributed by atoms with Gasteiger partial charge in [-0.05, 0) is 19.8 Å². The molecule has 21 heavy (non-hydrogen) atoms. The highest BCUT2D eigenvalue weighted by Crippen LogP contribution is 2.17. The third kappa shape index (κ3) is 4.74. The van der Waals surface area contributed by atoms with E-state index in [-0.39, 0.29) is 12.0 Å². The average Bonchev–Trinajstić information content (AvgIpc) is 3.00. The first-order valence-corrected chi connectivity index (χ1v) is 8.25. The summed E-state index contributed by atoms with van der Waals surface area (Å²) in [6.07, 6.45) is 1.96. The fourth-order valence-electron chi connectivity index (χ4n) is 2.31. The van der Waals surface area contributed by atoms with Crippen molar-refractivity contribution in [2.45, 2.75) is 32.4 Å². The van der Waals surface area contributed by atoms with Crippen molar-refractivity contribution < 1.29 is 14.3 Å². The Morgan fingerprint density at radius 3 is 2.86 bits per heavy atom. The maximum atomic E-state index is 12.3. The summed E-state index contributed by atoms with van der Waals surface area (Å²) in [7, 11) is 0. The number of ether oxygens (including phenoxy) is 2. The van der Waals surface area contributed by atoms with Crippen molar-refractivity contribution in [3.8, 4) is 0 Å². The Hall–Kier alpha value is -1.02. The highest BCUT2D eigenvalue weighted by Gasteiger charge is 2.25. The molecule has 0 saturated carbocycles. The van der Waals surface area contributed by atoms with Gasteiger partial charge in [0.05, 0.1) is 19.3 Å². The third-order valence-electron chi connectivity index (χ3n) is 3.46. The fraction of sp³-hybridized carbons (Fsp3) is 0.714. The monoisotopic (exact) mass is 313 g/mol. The fourth-order valence-corrected chi connectivity index (χ4v) is 2.96. The Kier molecular flexibility index (Phi) is 6.56. The molecule has 1 saturated heterocycles. The number of rotatable bonds is 7. The Morgan fingerprint density at radius 2 is 2.24 bits per heavy atom. The number of nitrogens with zero attached hydrogens (tertiary/aromatic N) is 2. The molecule has 118 valence electrons. The van der Waals surface area contributed by atoms with Gasteiger partial charge in [-0.3, -0.25) is 4.79 Å². The lowest BCUT2D eigenvalue weighted by Crippen LogP contribution is -2.41. The molecule has 0 unspecified atom stereocenters. The van der Waals surface area contributed by atoms with Gasteiger partial charge in [-0.2, -0.15) is 0 Å². The normalized spacial score (nSPS) is 16.4. The Labute approximate surface area is 129 Å². The molecule has 1 aliphatic heterocycles. The third-order valence-corrected chi connectivity index (χ3v) is 4.33. The van der Waals surface area contributed by atoms with Crippen LogP contribution in [0.3, 0.4) is 0 Å². The van der Waals surface area contributed by atoms with Gasteiger partial charge in [0, 0.05) is 31.6 Å². The number of nitrogens with two attached hydrogens (primary N) is 1. The van der Waals surface area contributed by atoms with Gasteiger partial charge in [-0.1, -0.05) is 0 Å². The lowest BCUT2D eigenvalue weighted by Gasteiger charge is -2.31. The number of carbonyl (C=O) groups is 1. The second kappa shape index (κ2) is 8.43. The predicted molar refractivity (Wildman–Crippen MR) is 81.4 cm³/mol. The van der Waals surface area contributed by atoms with Crippen molar-refractivity contribution in [3.63, 3.8) is 0 Å². The van der Waals surface area contributed by atoms with E-state index >= 15 is 0 Å². The van der Waals surface area contributed by atoms with Crippen molar-refractivity contribution in [2.24, 2.45) is 5.73 Å². The quantitative estimate of drug-likeness (QED) is 0.767. The molecule has 0 radical (unpaired) electrons. The molecule has 1 amide bonds. The molecule has 2 N–H and O–H groups in total.